The zero-order chi connectivity index (χ0) is 63.5. The molecule has 0 aromatic carbocycles. The summed E-state index contributed by atoms with van der Waals surface area (Å²) in [6.07, 6.45) is 87.8. The van der Waals surface area contributed by atoms with E-state index in [0.717, 1.165) is 77.0 Å². The second-order valence-electron chi connectivity index (χ2n) is 26.5. The number of hydrogen-bond donors (Lipinski definition) is 2. The molecule has 1 amide bonds. The minimum absolute atomic E-state index is 0.0395. The van der Waals surface area contributed by atoms with Gasteiger partial charge in [0.15, 0.2) is 0 Å². The van der Waals surface area contributed by atoms with Gasteiger partial charge in [-0.3, -0.25) is 18.6 Å². The van der Waals surface area contributed by atoms with Gasteiger partial charge in [0.1, 0.15) is 19.3 Å². The Kier molecular flexibility index (Phi) is 64.4. The number of esters is 1. The number of hydrogen-bond acceptors (Lipinski definition) is 6. The maximum absolute atomic E-state index is 13.6. The van der Waals surface area contributed by atoms with E-state index in [2.05, 4.69) is 86.8 Å². The van der Waals surface area contributed by atoms with Crippen molar-refractivity contribution in [3.63, 3.8) is 0 Å². The predicted octanol–water partition coefficient (Wildman–Crippen LogP) is 23.9. The van der Waals surface area contributed by atoms with E-state index in [9.17, 15) is 19.0 Å². The van der Waals surface area contributed by atoms with Crippen molar-refractivity contribution < 1.29 is 37.3 Å². The van der Waals surface area contributed by atoms with Crippen molar-refractivity contribution in [3.8, 4) is 0 Å². The number of unbranched alkanes of at least 4 members (excludes halogenated alkanes) is 42. The Morgan fingerprint density at radius 2 is 0.701 bits per heavy atom. The van der Waals surface area contributed by atoms with E-state index in [1.807, 2.05) is 33.3 Å². The first-order chi connectivity index (χ1) is 42.4. The molecule has 0 saturated carbocycles. The molecule has 508 valence electrons. The van der Waals surface area contributed by atoms with Crippen LogP contribution in [0.3, 0.4) is 0 Å². The van der Waals surface area contributed by atoms with Gasteiger partial charge in [-0.1, -0.05) is 312 Å². The zero-order valence-corrected chi connectivity index (χ0v) is 59.2. The van der Waals surface area contributed by atoms with Crippen LogP contribution in [0.2, 0.25) is 0 Å². The van der Waals surface area contributed by atoms with Crippen LogP contribution in [0.4, 0.5) is 0 Å². The first-order valence-electron chi connectivity index (χ1n) is 37.3. The molecule has 0 aromatic rings. The van der Waals surface area contributed by atoms with E-state index in [0.29, 0.717) is 17.4 Å². The van der Waals surface area contributed by atoms with Crippen LogP contribution >= 0.6 is 7.82 Å². The van der Waals surface area contributed by atoms with Gasteiger partial charge in [-0.05, 0) is 102 Å². The SMILES string of the molecule is CCCCC/C=C\C/C=C\C/C=C\CCCCCCCCCCCCCCC(=O)OC(/C=C/CCCCCCCCCCC)C(COP(=O)(O)OCC[N+](C)(C)C)NC(=O)CCCCCCCCCCCCCCCCC/C=C\C/C=C\CCCCC. The molecule has 0 aromatic heterocycles. The van der Waals surface area contributed by atoms with Gasteiger partial charge < -0.3 is 19.4 Å². The van der Waals surface area contributed by atoms with Crippen LogP contribution in [0.5, 0.6) is 0 Å². The molecule has 87 heavy (non-hydrogen) atoms. The Morgan fingerprint density at radius 1 is 0.402 bits per heavy atom. The molecule has 2 N–H and O–H groups in total. The van der Waals surface area contributed by atoms with Crippen molar-refractivity contribution >= 4 is 19.7 Å². The topological polar surface area (TPSA) is 111 Å². The number of likely N-dealkylation sites (N-methyl/N-ethyl adjacent to an activating group) is 1. The highest BCUT2D eigenvalue weighted by atomic mass is 31.2. The normalized spacial score (nSPS) is 13.9. The van der Waals surface area contributed by atoms with Gasteiger partial charge in [-0.15, -0.1) is 0 Å². The van der Waals surface area contributed by atoms with Crippen LogP contribution in [0.1, 0.15) is 355 Å². The highest BCUT2D eigenvalue weighted by molar-refractivity contribution is 7.47. The maximum Gasteiger partial charge on any atom is 0.472 e. The number of amides is 1. The van der Waals surface area contributed by atoms with E-state index < -0.39 is 20.0 Å². The number of ether oxygens (including phenoxy) is 1. The number of carbonyl (C=O) groups is 2. The second-order valence-corrected chi connectivity index (χ2v) is 27.9. The largest absolute Gasteiger partial charge is 0.472 e. The summed E-state index contributed by atoms with van der Waals surface area (Å²) in [6, 6.07) is -0.851. The van der Waals surface area contributed by atoms with Crippen LogP contribution in [-0.2, 0) is 27.9 Å². The van der Waals surface area contributed by atoms with E-state index in [4.69, 9.17) is 13.8 Å². The molecule has 3 atom stereocenters. The molecule has 0 radical (unpaired) electrons. The second kappa shape index (κ2) is 66.4. The minimum atomic E-state index is -4.46. The van der Waals surface area contributed by atoms with E-state index in [-0.39, 0.29) is 31.5 Å². The summed E-state index contributed by atoms with van der Waals surface area (Å²) in [5.41, 5.74) is 0. The molecule has 9 nitrogen and oxygen atoms in total. The third-order valence-electron chi connectivity index (χ3n) is 16.6. The van der Waals surface area contributed by atoms with Crippen molar-refractivity contribution in [2.45, 2.75) is 367 Å². The highest BCUT2D eigenvalue weighted by Crippen LogP contribution is 2.43. The maximum atomic E-state index is 13.6. The first kappa shape index (κ1) is 84.5. The lowest BCUT2D eigenvalue weighted by Gasteiger charge is -2.27. The number of nitrogens with one attached hydrogen (secondary N) is 1. The lowest BCUT2D eigenvalue weighted by molar-refractivity contribution is -0.870. The number of phosphoric acid groups is 1. The molecule has 0 spiro atoms. The Morgan fingerprint density at radius 3 is 1.07 bits per heavy atom. The molecule has 0 saturated heterocycles. The van der Waals surface area contributed by atoms with Crippen LogP contribution < -0.4 is 5.32 Å². The third kappa shape index (κ3) is 67.7. The van der Waals surface area contributed by atoms with Crippen LogP contribution in [0, 0.1) is 0 Å². The molecule has 0 aliphatic rings. The summed E-state index contributed by atoms with van der Waals surface area (Å²) in [4.78, 5) is 37.9. The van der Waals surface area contributed by atoms with Gasteiger partial charge >= 0.3 is 13.8 Å². The number of carbonyl (C=O) groups excluding carboxylic acids is 2. The molecule has 0 fully saturated rings. The Labute approximate surface area is 540 Å². The zero-order valence-electron chi connectivity index (χ0n) is 58.3. The van der Waals surface area contributed by atoms with Gasteiger partial charge in [0, 0.05) is 12.8 Å². The number of quaternary nitrogens is 1. The van der Waals surface area contributed by atoms with Gasteiger partial charge in [0.25, 0.3) is 0 Å². The fraction of sp³-hybridized carbons (Fsp3) is 0.818. The van der Waals surface area contributed by atoms with Gasteiger partial charge in [-0.25, -0.2) is 4.57 Å². The molecule has 0 heterocycles. The minimum Gasteiger partial charge on any atom is -0.456 e. The monoisotopic (exact) mass is 1240 g/mol. The fourth-order valence-electron chi connectivity index (χ4n) is 10.9. The van der Waals surface area contributed by atoms with Crippen LogP contribution in [0.25, 0.3) is 0 Å². The lowest BCUT2D eigenvalue weighted by atomic mass is 10.0. The van der Waals surface area contributed by atoms with Crippen LogP contribution in [0.15, 0.2) is 72.9 Å². The van der Waals surface area contributed by atoms with Crippen molar-refractivity contribution in [1.29, 1.82) is 0 Å². The quantitative estimate of drug-likeness (QED) is 0.0205. The molecule has 0 rings (SSSR count). The average Bonchev–Trinajstić information content (AvgIpc) is 3.70. The Hall–Kier alpha value is -2.55. The number of nitrogens with zero attached hydrogens (tertiary/aromatic N) is 1. The molecule has 3 unspecified atom stereocenters. The summed E-state index contributed by atoms with van der Waals surface area (Å²) >= 11 is 0. The van der Waals surface area contributed by atoms with E-state index in [1.165, 1.54) is 244 Å². The van der Waals surface area contributed by atoms with E-state index in [1.54, 1.807) is 0 Å². The van der Waals surface area contributed by atoms with Crippen molar-refractivity contribution in [3.05, 3.63) is 72.9 Å². The summed E-state index contributed by atoms with van der Waals surface area (Å²) in [5.74, 6) is -0.495. The average molecular weight is 1240 g/mol. The third-order valence-corrected chi connectivity index (χ3v) is 17.6. The smallest absolute Gasteiger partial charge is 0.456 e. The van der Waals surface area contributed by atoms with Crippen molar-refractivity contribution in [2.75, 3.05) is 40.9 Å². The van der Waals surface area contributed by atoms with Crippen molar-refractivity contribution in [2.24, 2.45) is 0 Å². The molecule has 0 aliphatic carbocycles. The summed E-state index contributed by atoms with van der Waals surface area (Å²) < 4.78 is 30.9. The molecular formula is C77H144N2O7P+. The summed E-state index contributed by atoms with van der Waals surface area (Å²) in [6.45, 7) is 7.00. The summed E-state index contributed by atoms with van der Waals surface area (Å²) in [7, 11) is 1.50. The lowest BCUT2D eigenvalue weighted by Crippen LogP contribution is -2.47. The van der Waals surface area contributed by atoms with Crippen molar-refractivity contribution in [1.82, 2.24) is 5.32 Å². The highest BCUT2D eigenvalue weighted by Gasteiger charge is 2.30. The number of rotatable bonds is 68. The molecular weight excluding hydrogens is 1100 g/mol. The van der Waals surface area contributed by atoms with E-state index >= 15 is 0 Å². The van der Waals surface area contributed by atoms with Gasteiger partial charge in [0.05, 0.1) is 33.8 Å². The molecule has 0 aliphatic heterocycles. The first-order valence-corrected chi connectivity index (χ1v) is 38.8. The molecule has 0 bridgehead atoms. The number of phosphoric ester groups is 1. The fourth-order valence-corrected chi connectivity index (χ4v) is 11.6. The van der Waals surface area contributed by atoms with Gasteiger partial charge in [-0.2, -0.15) is 0 Å². The molecule has 10 heteroatoms. The number of allylic oxidation sites excluding steroid dienone is 11. The van der Waals surface area contributed by atoms with Gasteiger partial charge in [0.2, 0.25) is 5.91 Å². The standard InChI is InChI=1S/C77H143N2O7P/c1-7-10-13-16-19-22-25-27-29-31-33-35-37-39-41-43-45-47-49-51-54-57-60-63-66-69-76(80)78-74(73-85-87(82,83)84-72-71-79(4,5)6)75(68-65-62-59-56-53-24-21-18-15-12-9-3)86-77(81)70-67-64-61-58-55-52-50-48-46-44-42-40-38-36-34-32-30-28-26-23-20-17-14-11-8-2/h19-20,22-23,27-30,34,36,65,68,74-75H,7-18,21,24-26,31-33,35,37-64,66-67,69-73H2,1-6H3,(H-,78,80,82,83)/p+1/b22-19-,23-20-,29-27-,30-28-,36-34-,68-65+. The Balaban J connectivity index is 4.95. The van der Waals surface area contributed by atoms with Crippen LogP contribution in [-0.4, -0.2) is 74.3 Å². The Bertz CT molecular complexity index is 1720. The predicted molar refractivity (Wildman–Crippen MR) is 378 cm³/mol. The summed E-state index contributed by atoms with van der Waals surface area (Å²) in [5, 5.41) is 3.08.